The van der Waals surface area contributed by atoms with Gasteiger partial charge in [-0.05, 0) is 48.5 Å². The van der Waals surface area contributed by atoms with Crippen LogP contribution in [0.2, 0.25) is 0 Å². The van der Waals surface area contributed by atoms with Crippen LogP contribution in [0.1, 0.15) is 0 Å². The molecule has 7 aromatic carbocycles. The van der Waals surface area contributed by atoms with Gasteiger partial charge >= 0.3 is 0 Å². The number of furan rings is 2. The number of nitrogens with zero attached hydrogens (tertiary/aromatic N) is 4. The van der Waals surface area contributed by atoms with Crippen molar-refractivity contribution in [2.75, 3.05) is 0 Å². The van der Waals surface area contributed by atoms with Crippen molar-refractivity contribution < 1.29 is 8.83 Å². The van der Waals surface area contributed by atoms with Gasteiger partial charge in [0.15, 0.2) is 17.5 Å². The minimum absolute atomic E-state index is 0.529. The van der Waals surface area contributed by atoms with Crippen LogP contribution in [0.4, 0.5) is 0 Å². The maximum Gasteiger partial charge on any atom is 0.167 e. The van der Waals surface area contributed by atoms with E-state index in [9.17, 15) is 0 Å². The molecule has 238 valence electrons. The lowest BCUT2D eigenvalue weighted by Crippen LogP contribution is -2.01. The molecule has 0 saturated heterocycles. The molecule has 0 atom stereocenters. The second-order valence-corrected chi connectivity index (χ2v) is 12.8. The molecule has 0 spiro atoms. The minimum Gasteiger partial charge on any atom is -0.456 e. The second kappa shape index (κ2) is 10.7. The van der Waals surface area contributed by atoms with Crippen LogP contribution in [0.25, 0.3) is 106 Å². The number of hydrogen-bond donors (Lipinski definition) is 0. The van der Waals surface area contributed by atoms with E-state index < -0.39 is 0 Å². The van der Waals surface area contributed by atoms with E-state index in [-0.39, 0.29) is 0 Å². The lowest BCUT2D eigenvalue weighted by atomic mass is 10.1. The van der Waals surface area contributed by atoms with Crippen molar-refractivity contribution in [1.29, 1.82) is 0 Å². The number of rotatable bonds is 4. The van der Waals surface area contributed by atoms with Crippen molar-refractivity contribution in [2.45, 2.75) is 0 Å². The van der Waals surface area contributed by atoms with E-state index in [1.807, 2.05) is 66.7 Å². The van der Waals surface area contributed by atoms with Gasteiger partial charge in [-0.25, -0.2) is 15.0 Å². The standard InChI is InChI=1S/C45H26N4O2/c1-2-12-27(13-3-1)43-46-44(28-22-23-32-31-16-6-10-20-38(31)50-40(32)26-28)48-45(47-43)34-24-25-37(41-33-17-7-11-21-39(33)51-42(34)41)49-35-18-8-4-14-29(35)30-15-5-9-19-36(30)49/h1-26H. The molecule has 4 aromatic heterocycles. The van der Waals surface area contributed by atoms with Crippen molar-refractivity contribution in [1.82, 2.24) is 19.5 Å². The quantitative estimate of drug-likeness (QED) is 0.189. The molecule has 0 N–H and O–H groups in total. The summed E-state index contributed by atoms with van der Waals surface area (Å²) in [6.07, 6.45) is 0. The summed E-state index contributed by atoms with van der Waals surface area (Å²) in [5.41, 5.74) is 8.98. The summed E-state index contributed by atoms with van der Waals surface area (Å²) >= 11 is 0. The Morgan fingerprint density at radius 1 is 0.392 bits per heavy atom. The van der Waals surface area contributed by atoms with Gasteiger partial charge in [0.1, 0.15) is 22.3 Å². The average Bonchev–Trinajstić information content (AvgIpc) is 3.87. The zero-order valence-electron chi connectivity index (χ0n) is 27.1. The normalized spacial score (nSPS) is 11.9. The van der Waals surface area contributed by atoms with Crippen LogP contribution in [0.15, 0.2) is 167 Å². The molecule has 0 amide bonds. The Kier molecular flexibility index (Phi) is 5.86. The van der Waals surface area contributed by atoms with Gasteiger partial charge in [0, 0.05) is 38.1 Å². The topological polar surface area (TPSA) is 69.9 Å². The Morgan fingerprint density at radius 3 is 1.71 bits per heavy atom. The molecule has 0 radical (unpaired) electrons. The highest BCUT2D eigenvalue weighted by Crippen LogP contribution is 2.42. The van der Waals surface area contributed by atoms with Gasteiger partial charge in [0.05, 0.1) is 27.7 Å². The Balaban J connectivity index is 1.19. The molecule has 0 unspecified atom stereocenters. The van der Waals surface area contributed by atoms with Crippen LogP contribution in [0, 0.1) is 0 Å². The number of benzene rings is 7. The third kappa shape index (κ3) is 4.20. The van der Waals surface area contributed by atoms with E-state index in [0.717, 1.165) is 77.3 Å². The highest BCUT2D eigenvalue weighted by Gasteiger charge is 2.23. The number of aromatic nitrogens is 4. The Bertz CT molecular complexity index is 3100. The lowest BCUT2D eigenvalue weighted by Gasteiger charge is -2.12. The van der Waals surface area contributed by atoms with Gasteiger partial charge in [-0.1, -0.05) is 109 Å². The van der Waals surface area contributed by atoms with Crippen LogP contribution in [-0.2, 0) is 0 Å². The zero-order valence-corrected chi connectivity index (χ0v) is 27.1. The SMILES string of the molecule is c1ccc(-c2nc(-c3ccc4c(c3)oc3ccccc34)nc(-c3ccc(-n4c5ccccc5c5ccccc54)c4c3oc3ccccc34)n2)cc1. The van der Waals surface area contributed by atoms with Crippen molar-refractivity contribution in [3.63, 3.8) is 0 Å². The van der Waals surface area contributed by atoms with E-state index in [4.69, 9.17) is 23.8 Å². The van der Waals surface area contributed by atoms with Crippen molar-refractivity contribution in [3.05, 3.63) is 158 Å². The summed E-state index contributed by atoms with van der Waals surface area (Å²) < 4.78 is 15.4. The first-order valence-corrected chi connectivity index (χ1v) is 16.9. The molecule has 11 aromatic rings. The maximum absolute atomic E-state index is 6.75. The van der Waals surface area contributed by atoms with Gasteiger partial charge in [-0.3, -0.25) is 0 Å². The van der Waals surface area contributed by atoms with E-state index in [2.05, 4.69) is 95.6 Å². The molecule has 0 aliphatic heterocycles. The fourth-order valence-electron chi connectivity index (χ4n) is 7.56. The first kappa shape index (κ1) is 27.9. The third-order valence-electron chi connectivity index (χ3n) is 9.87. The van der Waals surface area contributed by atoms with E-state index >= 15 is 0 Å². The van der Waals surface area contributed by atoms with Crippen molar-refractivity contribution in [2.24, 2.45) is 0 Å². The monoisotopic (exact) mass is 654 g/mol. The van der Waals surface area contributed by atoms with Crippen LogP contribution < -0.4 is 0 Å². The summed E-state index contributed by atoms with van der Waals surface area (Å²) in [6.45, 7) is 0. The van der Waals surface area contributed by atoms with E-state index in [0.29, 0.717) is 17.5 Å². The van der Waals surface area contributed by atoms with Crippen molar-refractivity contribution in [3.8, 4) is 39.9 Å². The third-order valence-corrected chi connectivity index (χ3v) is 9.87. The molecule has 4 heterocycles. The summed E-state index contributed by atoms with van der Waals surface area (Å²) in [5.74, 6) is 1.66. The fourth-order valence-corrected chi connectivity index (χ4v) is 7.56. The molecule has 0 saturated carbocycles. The fraction of sp³-hybridized carbons (Fsp3) is 0. The van der Waals surface area contributed by atoms with E-state index in [1.54, 1.807) is 0 Å². The molecule has 51 heavy (non-hydrogen) atoms. The van der Waals surface area contributed by atoms with Crippen LogP contribution in [0.3, 0.4) is 0 Å². The molecule has 6 heteroatoms. The molecule has 0 aliphatic rings. The first-order valence-electron chi connectivity index (χ1n) is 16.9. The number of para-hydroxylation sites is 4. The molecule has 6 nitrogen and oxygen atoms in total. The predicted molar refractivity (Wildman–Crippen MR) is 205 cm³/mol. The van der Waals surface area contributed by atoms with E-state index in [1.165, 1.54) is 10.8 Å². The number of hydrogen-bond acceptors (Lipinski definition) is 5. The first-order chi connectivity index (χ1) is 25.3. The molecule has 0 fully saturated rings. The molecule has 11 rings (SSSR count). The Hall–Kier alpha value is -7.05. The summed E-state index contributed by atoms with van der Waals surface area (Å²) in [7, 11) is 0. The predicted octanol–water partition coefficient (Wildman–Crippen LogP) is 11.8. The molecule has 0 aliphatic carbocycles. The van der Waals surface area contributed by atoms with Gasteiger partial charge in [-0.15, -0.1) is 0 Å². The average molecular weight is 655 g/mol. The number of fused-ring (bicyclic) bond motifs is 9. The highest BCUT2D eigenvalue weighted by molar-refractivity contribution is 6.16. The largest absolute Gasteiger partial charge is 0.456 e. The van der Waals surface area contributed by atoms with Crippen molar-refractivity contribution >= 4 is 65.7 Å². The zero-order chi connectivity index (χ0) is 33.5. The van der Waals surface area contributed by atoms with Crippen LogP contribution in [-0.4, -0.2) is 19.5 Å². The molecular formula is C45H26N4O2. The summed E-state index contributed by atoms with van der Waals surface area (Å²) in [6, 6.07) is 53.9. The van der Waals surface area contributed by atoms with Gasteiger partial charge in [0.2, 0.25) is 0 Å². The maximum atomic E-state index is 6.75. The van der Waals surface area contributed by atoms with Gasteiger partial charge in [0.25, 0.3) is 0 Å². The Morgan fingerprint density at radius 2 is 0.961 bits per heavy atom. The lowest BCUT2D eigenvalue weighted by molar-refractivity contribution is 0.668. The van der Waals surface area contributed by atoms with Crippen LogP contribution >= 0.6 is 0 Å². The van der Waals surface area contributed by atoms with Crippen LogP contribution in [0.5, 0.6) is 0 Å². The van der Waals surface area contributed by atoms with Gasteiger partial charge in [-0.2, -0.15) is 0 Å². The molecule has 0 bridgehead atoms. The Labute approximate surface area is 290 Å². The second-order valence-electron chi connectivity index (χ2n) is 12.8. The highest BCUT2D eigenvalue weighted by atomic mass is 16.3. The summed E-state index contributed by atoms with van der Waals surface area (Å²) in [5, 5.41) is 6.57. The summed E-state index contributed by atoms with van der Waals surface area (Å²) in [4.78, 5) is 15.2. The van der Waals surface area contributed by atoms with Gasteiger partial charge < -0.3 is 13.4 Å². The minimum atomic E-state index is 0.529. The smallest absolute Gasteiger partial charge is 0.167 e. The molecular weight excluding hydrogens is 629 g/mol.